The zero-order chi connectivity index (χ0) is 34.8. The summed E-state index contributed by atoms with van der Waals surface area (Å²) in [5, 5.41) is 5.62. The molecule has 4 heteroatoms. The van der Waals surface area contributed by atoms with Crippen LogP contribution in [0.4, 0.5) is 11.4 Å². The fourth-order valence-corrected chi connectivity index (χ4v) is 11.5. The molecular formula is C48H35NS3. The predicted molar refractivity (Wildman–Crippen MR) is 229 cm³/mol. The highest BCUT2D eigenvalue weighted by molar-refractivity contribution is 8.00. The number of anilines is 2. The highest BCUT2D eigenvalue weighted by Crippen LogP contribution is 2.51. The molecule has 0 amide bonds. The Morgan fingerprint density at radius 3 is 2.35 bits per heavy atom. The average molecular weight is 722 g/mol. The summed E-state index contributed by atoms with van der Waals surface area (Å²) in [4.78, 5) is 5.18. The van der Waals surface area contributed by atoms with Gasteiger partial charge >= 0.3 is 0 Å². The summed E-state index contributed by atoms with van der Waals surface area (Å²) < 4.78 is 2.70. The van der Waals surface area contributed by atoms with Crippen molar-refractivity contribution >= 4 is 77.2 Å². The third-order valence-electron chi connectivity index (χ3n) is 10.6. The van der Waals surface area contributed by atoms with E-state index in [0.717, 1.165) is 5.69 Å². The molecule has 2 unspecified atom stereocenters. The molecule has 0 fully saturated rings. The van der Waals surface area contributed by atoms with Crippen LogP contribution >= 0.6 is 34.9 Å². The molecule has 2 heterocycles. The van der Waals surface area contributed by atoms with E-state index in [2.05, 4.69) is 182 Å². The van der Waals surface area contributed by atoms with E-state index in [1.807, 2.05) is 34.9 Å². The molecule has 1 nitrogen and oxygen atoms in total. The number of aryl methyl sites for hydroxylation is 1. The van der Waals surface area contributed by atoms with Crippen molar-refractivity contribution in [3.63, 3.8) is 0 Å². The lowest BCUT2D eigenvalue weighted by atomic mass is 9.90. The van der Waals surface area contributed by atoms with E-state index in [9.17, 15) is 0 Å². The Bertz CT molecular complexity index is 2750. The van der Waals surface area contributed by atoms with Crippen molar-refractivity contribution in [1.29, 1.82) is 0 Å². The van der Waals surface area contributed by atoms with Crippen LogP contribution in [0.3, 0.4) is 0 Å². The van der Waals surface area contributed by atoms with Gasteiger partial charge in [0.2, 0.25) is 0 Å². The van der Waals surface area contributed by atoms with E-state index in [4.69, 9.17) is 0 Å². The van der Waals surface area contributed by atoms with Crippen LogP contribution in [0, 0.1) is 6.92 Å². The van der Waals surface area contributed by atoms with Crippen LogP contribution in [0.5, 0.6) is 0 Å². The van der Waals surface area contributed by atoms with Gasteiger partial charge in [-0.2, -0.15) is 0 Å². The molecule has 0 spiro atoms. The quantitative estimate of drug-likeness (QED) is 0.157. The molecule has 1 aliphatic carbocycles. The van der Waals surface area contributed by atoms with Crippen molar-refractivity contribution in [3.8, 4) is 22.3 Å². The lowest BCUT2D eigenvalue weighted by Gasteiger charge is -2.31. The summed E-state index contributed by atoms with van der Waals surface area (Å²) in [6, 6.07) is 53.9. The van der Waals surface area contributed by atoms with E-state index in [-0.39, 0.29) is 0 Å². The molecule has 0 N–H and O–H groups in total. The standard InChI is InChI=1S/C48H35NS3/c1-30-27-34(21-23-36(30)47-46(50-2)26-24-41-39-16-5-8-20-44(39)52-48(41)47)49(35-22-25-45-42(29-35)40-17-6-7-19-43(40)51-45)33-14-9-13-32(28-33)38-18-10-12-31-11-3-4-15-37(31)38/h3-29,42,45H,1-2H3. The normalized spacial score (nSPS) is 16.3. The Labute approximate surface area is 317 Å². The van der Waals surface area contributed by atoms with Gasteiger partial charge in [-0.15, -0.1) is 34.9 Å². The topological polar surface area (TPSA) is 3.24 Å². The molecule has 1 aliphatic heterocycles. The monoisotopic (exact) mass is 721 g/mol. The molecule has 7 aromatic carbocycles. The van der Waals surface area contributed by atoms with Gasteiger partial charge in [-0.3, -0.25) is 0 Å². The number of thioether (sulfide) groups is 2. The summed E-state index contributed by atoms with van der Waals surface area (Å²) in [5.74, 6) is 0.333. The van der Waals surface area contributed by atoms with Crippen molar-refractivity contribution in [2.45, 2.75) is 27.9 Å². The lowest BCUT2D eigenvalue weighted by Crippen LogP contribution is -2.20. The predicted octanol–water partition coefficient (Wildman–Crippen LogP) is 14.4. The second kappa shape index (κ2) is 12.9. The SMILES string of the molecule is CSc1ccc2c(sc3ccccc32)c1-c1ccc(N(C2=CC3c4ccccc4SC3C=C2)c2cccc(-c3cccc4ccccc34)c2)cc1C. The number of hydrogen-bond acceptors (Lipinski definition) is 4. The van der Waals surface area contributed by atoms with Gasteiger partial charge in [0.05, 0.1) is 0 Å². The molecule has 2 aliphatic rings. The Balaban J connectivity index is 1.14. The van der Waals surface area contributed by atoms with Crippen LogP contribution in [0.15, 0.2) is 179 Å². The first-order valence-corrected chi connectivity index (χ1v) is 20.7. The van der Waals surface area contributed by atoms with Gasteiger partial charge in [-0.05, 0) is 100 Å². The van der Waals surface area contributed by atoms with Crippen molar-refractivity contribution in [3.05, 3.63) is 181 Å². The zero-order valence-corrected chi connectivity index (χ0v) is 31.4. The van der Waals surface area contributed by atoms with Gasteiger partial charge in [0.25, 0.3) is 0 Å². The minimum atomic E-state index is 0.333. The van der Waals surface area contributed by atoms with Crippen molar-refractivity contribution in [1.82, 2.24) is 0 Å². The van der Waals surface area contributed by atoms with Crippen molar-refractivity contribution < 1.29 is 0 Å². The summed E-state index contributed by atoms with van der Waals surface area (Å²) in [6.45, 7) is 2.28. The Hall–Kier alpha value is -5.00. The number of benzene rings is 7. The summed E-state index contributed by atoms with van der Waals surface area (Å²) >= 11 is 5.73. The summed E-state index contributed by atoms with van der Waals surface area (Å²) in [5.41, 5.74) is 11.3. The molecule has 2 atom stereocenters. The van der Waals surface area contributed by atoms with E-state index in [0.29, 0.717) is 11.2 Å². The van der Waals surface area contributed by atoms with Crippen LogP contribution in [0.25, 0.3) is 53.2 Å². The van der Waals surface area contributed by atoms with Crippen molar-refractivity contribution in [2.75, 3.05) is 11.2 Å². The van der Waals surface area contributed by atoms with Crippen LogP contribution < -0.4 is 4.90 Å². The maximum Gasteiger partial charge on any atom is 0.0467 e. The second-order valence-corrected chi connectivity index (χ2v) is 16.7. The van der Waals surface area contributed by atoms with Crippen LogP contribution in [-0.4, -0.2) is 11.5 Å². The molecule has 0 saturated carbocycles. The number of thiophene rings is 1. The van der Waals surface area contributed by atoms with Crippen molar-refractivity contribution in [2.24, 2.45) is 0 Å². The van der Waals surface area contributed by atoms with E-state index >= 15 is 0 Å². The Morgan fingerprint density at radius 2 is 1.44 bits per heavy atom. The van der Waals surface area contributed by atoms with Gasteiger partial charge in [-0.1, -0.05) is 115 Å². The first-order chi connectivity index (χ1) is 25.6. The molecule has 0 saturated heterocycles. The maximum absolute atomic E-state index is 2.50. The van der Waals surface area contributed by atoms with Gasteiger partial charge < -0.3 is 4.90 Å². The Morgan fingerprint density at radius 1 is 0.654 bits per heavy atom. The second-order valence-electron chi connectivity index (χ2n) is 13.6. The van der Waals surface area contributed by atoms with Crippen LogP contribution in [0.1, 0.15) is 17.0 Å². The molecule has 52 heavy (non-hydrogen) atoms. The largest absolute Gasteiger partial charge is 0.311 e. The maximum atomic E-state index is 2.50. The molecule has 8 aromatic rings. The van der Waals surface area contributed by atoms with Gasteiger partial charge in [0.15, 0.2) is 0 Å². The fourth-order valence-electron chi connectivity index (χ4n) is 8.19. The number of allylic oxidation sites excluding steroid dienone is 2. The van der Waals surface area contributed by atoms with E-state index in [1.165, 1.54) is 85.5 Å². The number of nitrogens with zero attached hydrogens (tertiary/aromatic N) is 1. The molecule has 1 aromatic heterocycles. The number of fused-ring (bicyclic) bond motifs is 7. The smallest absolute Gasteiger partial charge is 0.0467 e. The minimum absolute atomic E-state index is 0.333. The number of hydrogen-bond donors (Lipinski definition) is 0. The summed E-state index contributed by atoms with van der Waals surface area (Å²) in [6.07, 6.45) is 9.46. The molecule has 250 valence electrons. The minimum Gasteiger partial charge on any atom is -0.311 e. The zero-order valence-electron chi connectivity index (χ0n) is 28.9. The van der Waals surface area contributed by atoms with Gasteiger partial charge in [-0.25, -0.2) is 0 Å². The first kappa shape index (κ1) is 31.7. The number of rotatable bonds is 6. The lowest BCUT2D eigenvalue weighted by molar-refractivity contribution is 0.863. The van der Waals surface area contributed by atoms with Crippen LogP contribution in [-0.2, 0) is 0 Å². The molecule has 10 rings (SSSR count). The van der Waals surface area contributed by atoms with Gasteiger partial charge in [0, 0.05) is 63.8 Å². The van der Waals surface area contributed by atoms with E-state index < -0.39 is 0 Å². The highest BCUT2D eigenvalue weighted by atomic mass is 32.2. The third kappa shape index (κ3) is 5.24. The summed E-state index contributed by atoms with van der Waals surface area (Å²) in [7, 11) is 0. The fraction of sp³-hybridized carbons (Fsp3) is 0.0833. The Kier molecular flexibility index (Phi) is 7.86. The first-order valence-electron chi connectivity index (χ1n) is 17.8. The molecule has 0 bridgehead atoms. The average Bonchev–Trinajstić information content (AvgIpc) is 3.76. The molecular weight excluding hydrogens is 687 g/mol. The third-order valence-corrected chi connectivity index (χ3v) is 14.0. The van der Waals surface area contributed by atoms with E-state index in [1.54, 1.807) is 0 Å². The highest BCUT2D eigenvalue weighted by Gasteiger charge is 2.33. The van der Waals surface area contributed by atoms with Gasteiger partial charge in [0.1, 0.15) is 0 Å². The van der Waals surface area contributed by atoms with Crippen LogP contribution in [0.2, 0.25) is 0 Å². The molecule has 0 radical (unpaired) electrons.